The van der Waals surface area contributed by atoms with E-state index >= 15 is 0 Å². The molecular weight excluding hydrogens is 156 g/mol. The summed E-state index contributed by atoms with van der Waals surface area (Å²) in [6, 6.07) is 10.5. The van der Waals surface area contributed by atoms with Crippen LogP contribution in [0.4, 0.5) is 0 Å². The summed E-state index contributed by atoms with van der Waals surface area (Å²) < 4.78 is 0. The van der Waals surface area contributed by atoms with E-state index in [-0.39, 0.29) is 5.41 Å². The van der Waals surface area contributed by atoms with E-state index in [4.69, 9.17) is 11.6 Å². The van der Waals surface area contributed by atoms with Crippen molar-refractivity contribution < 1.29 is 0 Å². The van der Waals surface area contributed by atoms with Gasteiger partial charge in [0.05, 0.1) is 0 Å². The van der Waals surface area contributed by atoms with Crippen LogP contribution in [0.3, 0.4) is 0 Å². The van der Waals surface area contributed by atoms with Crippen LogP contribution >= 0.6 is 11.6 Å². The molecule has 11 heavy (non-hydrogen) atoms. The Morgan fingerprint density at radius 1 is 1.36 bits per heavy atom. The summed E-state index contributed by atoms with van der Waals surface area (Å²) >= 11 is 6.03. The maximum atomic E-state index is 6.03. The molecule has 1 saturated carbocycles. The number of halogens is 1. The molecular formula is C10H11Cl. The first kappa shape index (κ1) is 7.17. The molecule has 1 aliphatic rings. The van der Waals surface area contributed by atoms with Gasteiger partial charge in [-0.1, -0.05) is 37.3 Å². The van der Waals surface area contributed by atoms with E-state index in [0.29, 0.717) is 5.38 Å². The molecule has 0 bridgehead atoms. The fraction of sp³-hybridized carbons (Fsp3) is 0.400. The predicted molar refractivity (Wildman–Crippen MR) is 48.1 cm³/mol. The summed E-state index contributed by atoms with van der Waals surface area (Å²) in [6.07, 6.45) is 1.12. The Morgan fingerprint density at radius 3 is 2.36 bits per heavy atom. The molecule has 2 atom stereocenters. The van der Waals surface area contributed by atoms with E-state index in [1.807, 2.05) is 6.07 Å². The topological polar surface area (TPSA) is 0 Å². The van der Waals surface area contributed by atoms with Crippen molar-refractivity contribution in [3.05, 3.63) is 35.9 Å². The van der Waals surface area contributed by atoms with E-state index in [1.54, 1.807) is 0 Å². The highest BCUT2D eigenvalue weighted by Gasteiger charge is 2.49. The van der Waals surface area contributed by atoms with Crippen molar-refractivity contribution in [3.63, 3.8) is 0 Å². The number of hydrogen-bond donors (Lipinski definition) is 0. The molecule has 1 heteroatoms. The Kier molecular flexibility index (Phi) is 1.47. The lowest BCUT2D eigenvalue weighted by atomic mass is 9.99. The van der Waals surface area contributed by atoms with Gasteiger partial charge in [0.2, 0.25) is 0 Å². The molecule has 1 aliphatic carbocycles. The molecule has 0 aliphatic heterocycles. The average molecular weight is 167 g/mol. The summed E-state index contributed by atoms with van der Waals surface area (Å²) in [5, 5.41) is 0.352. The standard InChI is InChI=1S/C10H11Cl/c1-10(7-9(10)11)8-5-3-2-4-6-8/h2-6,9H,7H2,1H3/t9-,10-/m0/s1. The molecule has 0 N–H and O–H groups in total. The van der Waals surface area contributed by atoms with Gasteiger partial charge in [0.1, 0.15) is 0 Å². The van der Waals surface area contributed by atoms with Crippen molar-refractivity contribution in [1.29, 1.82) is 0 Å². The van der Waals surface area contributed by atoms with Crippen molar-refractivity contribution in [2.24, 2.45) is 0 Å². The van der Waals surface area contributed by atoms with E-state index in [1.165, 1.54) is 5.56 Å². The highest BCUT2D eigenvalue weighted by Crippen LogP contribution is 2.51. The summed E-state index contributed by atoms with van der Waals surface area (Å²) in [4.78, 5) is 0. The van der Waals surface area contributed by atoms with Gasteiger partial charge in [0.25, 0.3) is 0 Å². The quantitative estimate of drug-likeness (QED) is 0.563. The van der Waals surface area contributed by atoms with E-state index in [0.717, 1.165) is 6.42 Å². The van der Waals surface area contributed by atoms with Crippen molar-refractivity contribution in [2.75, 3.05) is 0 Å². The summed E-state index contributed by atoms with van der Waals surface area (Å²) in [5.74, 6) is 0. The third-order valence-electron chi connectivity index (χ3n) is 2.57. The minimum Gasteiger partial charge on any atom is -0.122 e. The zero-order valence-electron chi connectivity index (χ0n) is 6.55. The van der Waals surface area contributed by atoms with Gasteiger partial charge in [-0.3, -0.25) is 0 Å². The van der Waals surface area contributed by atoms with Gasteiger partial charge in [0, 0.05) is 10.8 Å². The molecule has 0 amide bonds. The normalized spacial score (nSPS) is 35.3. The van der Waals surface area contributed by atoms with Crippen LogP contribution in [0.5, 0.6) is 0 Å². The average Bonchev–Trinajstić information content (AvgIpc) is 2.64. The third kappa shape index (κ3) is 1.06. The lowest BCUT2D eigenvalue weighted by molar-refractivity contribution is 0.790. The maximum Gasteiger partial charge on any atom is 0.0439 e. The van der Waals surface area contributed by atoms with Crippen LogP contribution in [0.1, 0.15) is 18.9 Å². The minimum absolute atomic E-state index is 0.267. The molecule has 0 saturated heterocycles. The first-order chi connectivity index (χ1) is 5.23. The molecule has 1 fully saturated rings. The largest absolute Gasteiger partial charge is 0.122 e. The fourth-order valence-electron chi connectivity index (χ4n) is 1.43. The van der Waals surface area contributed by atoms with Crippen LogP contribution in [0, 0.1) is 0 Å². The zero-order valence-corrected chi connectivity index (χ0v) is 7.31. The van der Waals surface area contributed by atoms with Crippen molar-refractivity contribution in [3.8, 4) is 0 Å². The second kappa shape index (κ2) is 2.25. The molecule has 0 spiro atoms. The maximum absolute atomic E-state index is 6.03. The fourth-order valence-corrected chi connectivity index (χ4v) is 1.88. The van der Waals surface area contributed by atoms with Gasteiger partial charge in [-0.2, -0.15) is 0 Å². The Labute approximate surface area is 72.2 Å². The van der Waals surface area contributed by atoms with Gasteiger partial charge in [0.15, 0.2) is 0 Å². The first-order valence-electron chi connectivity index (χ1n) is 3.93. The van der Waals surface area contributed by atoms with Crippen LogP contribution in [-0.2, 0) is 5.41 Å². The third-order valence-corrected chi connectivity index (χ3v) is 3.20. The zero-order chi connectivity index (χ0) is 7.90. The number of alkyl halides is 1. The second-order valence-electron chi connectivity index (χ2n) is 3.46. The van der Waals surface area contributed by atoms with Crippen molar-refractivity contribution in [1.82, 2.24) is 0 Å². The smallest absolute Gasteiger partial charge is 0.0439 e. The predicted octanol–water partition coefficient (Wildman–Crippen LogP) is 2.96. The van der Waals surface area contributed by atoms with E-state index < -0.39 is 0 Å². The van der Waals surface area contributed by atoms with Crippen LogP contribution < -0.4 is 0 Å². The van der Waals surface area contributed by atoms with Gasteiger partial charge < -0.3 is 0 Å². The van der Waals surface area contributed by atoms with Gasteiger partial charge >= 0.3 is 0 Å². The molecule has 0 radical (unpaired) electrons. The highest BCUT2D eigenvalue weighted by molar-refractivity contribution is 6.23. The van der Waals surface area contributed by atoms with Crippen molar-refractivity contribution >= 4 is 11.6 Å². The Balaban J connectivity index is 2.32. The molecule has 1 aromatic carbocycles. The summed E-state index contributed by atoms with van der Waals surface area (Å²) in [5.41, 5.74) is 1.64. The molecule has 0 aromatic heterocycles. The Hall–Kier alpha value is -0.490. The van der Waals surface area contributed by atoms with Gasteiger partial charge in [-0.25, -0.2) is 0 Å². The molecule has 2 rings (SSSR count). The lowest BCUT2D eigenvalue weighted by Crippen LogP contribution is -2.02. The lowest BCUT2D eigenvalue weighted by Gasteiger charge is -2.07. The van der Waals surface area contributed by atoms with Crippen LogP contribution in [0.2, 0.25) is 0 Å². The number of benzene rings is 1. The second-order valence-corrected chi connectivity index (χ2v) is 3.98. The highest BCUT2D eigenvalue weighted by atomic mass is 35.5. The van der Waals surface area contributed by atoms with Crippen LogP contribution in [-0.4, -0.2) is 5.38 Å². The van der Waals surface area contributed by atoms with Gasteiger partial charge in [-0.05, 0) is 12.0 Å². The molecule has 0 heterocycles. The SMILES string of the molecule is C[C@@]1(c2ccccc2)C[C@@H]1Cl. The van der Waals surface area contributed by atoms with E-state index in [2.05, 4.69) is 31.2 Å². The molecule has 58 valence electrons. The Bertz CT molecular complexity index is 255. The number of hydrogen-bond acceptors (Lipinski definition) is 0. The van der Waals surface area contributed by atoms with Gasteiger partial charge in [-0.15, -0.1) is 11.6 Å². The summed E-state index contributed by atoms with van der Waals surface area (Å²) in [6.45, 7) is 2.22. The monoisotopic (exact) mass is 166 g/mol. The summed E-state index contributed by atoms with van der Waals surface area (Å²) in [7, 11) is 0. The minimum atomic E-state index is 0.267. The van der Waals surface area contributed by atoms with E-state index in [9.17, 15) is 0 Å². The molecule has 0 nitrogen and oxygen atoms in total. The first-order valence-corrected chi connectivity index (χ1v) is 4.37. The van der Waals surface area contributed by atoms with Crippen LogP contribution in [0.25, 0.3) is 0 Å². The van der Waals surface area contributed by atoms with Crippen molar-refractivity contribution in [2.45, 2.75) is 24.1 Å². The van der Waals surface area contributed by atoms with Crippen LogP contribution in [0.15, 0.2) is 30.3 Å². The molecule has 1 aromatic rings. The number of rotatable bonds is 1. The molecule has 0 unspecified atom stereocenters. The Morgan fingerprint density at radius 2 is 1.91 bits per heavy atom.